The number of alkyl halides is 3. The molecular formula is C23H18ClF3N4O4. The van der Waals surface area contributed by atoms with E-state index in [0.29, 0.717) is 30.5 Å². The Morgan fingerprint density at radius 2 is 1.80 bits per heavy atom. The Hall–Kier alpha value is -3.86. The summed E-state index contributed by atoms with van der Waals surface area (Å²) in [5.74, 6) is -0.885. The summed E-state index contributed by atoms with van der Waals surface area (Å²) >= 11 is 5.88. The van der Waals surface area contributed by atoms with Crippen molar-refractivity contribution in [2.75, 3.05) is 13.2 Å². The first-order valence-corrected chi connectivity index (χ1v) is 10.7. The number of hydrogen-bond acceptors (Lipinski definition) is 7. The highest BCUT2D eigenvalue weighted by atomic mass is 35.5. The maximum absolute atomic E-state index is 12.8. The van der Waals surface area contributed by atoms with Gasteiger partial charge in [0.1, 0.15) is 12.4 Å². The topological polar surface area (TPSA) is 94.9 Å². The Labute approximate surface area is 202 Å². The lowest BCUT2D eigenvalue weighted by atomic mass is 10.0. The molecule has 0 bridgehead atoms. The van der Waals surface area contributed by atoms with Crippen LogP contribution in [0.4, 0.5) is 13.2 Å². The highest BCUT2D eigenvalue weighted by Crippen LogP contribution is 2.28. The number of ether oxygens (including phenoxy) is 2. The zero-order valence-electron chi connectivity index (χ0n) is 18.2. The summed E-state index contributed by atoms with van der Waals surface area (Å²) in [7, 11) is 0. The molecule has 1 amide bonds. The maximum atomic E-state index is 12.8. The fourth-order valence-corrected chi connectivity index (χ4v) is 3.56. The van der Waals surface area contributed by atoms with Crippen molar-refractivity contribution in [3.8, 4) is 17.0 Å². The third-order valence-corrected chi connectivity index (χ3v) is 5.04. The van der Waals surface area contributed by atoms with Crippen molar-refractivity contribution in [2.24, 2.45) is 5.16 Å². The van der Waals surface area contributed by atoms with Crippen molar-refractivity contribution in [3.05, 3.63) is 76.7 Å². The van der Waals surface area contributed by atoms with E-state index in [2.05, 4.69) is 25.2 Å². The van der Waals surface area contributed by atoms with Gasteiger partial charge >= 0.3 is 6.36 Å². The lowest BCUT2D eigenvalue weighted by Crippen LogP contribution is -2.28. The van der Waals surface area contributed by atoms with E-state index in [9.17, 15) is 18.0 Å². The quantitative estimate of drug-likeness (QED) is 0.511. The molecule has 1 aliphatic rings. The lowest BCUT2D eigenvalue weighted by Gasteiger charge is -2.17. The standard InChI is InChI=1S/C23H18ClF3N4O4/c1-13(30-21(32)16-10-17(24)12-18(11-16)35-23(25,26)27)19-20(29-7-6-28-19)14-2-4-15(5-3-14)22-31-34-9-8-33-22/h2-7,10-13H,8-9H2,1H3,(H,30,32)/t13-/m0/s1. The van der Waals surface area contributed by atoms with Gasteiger partial charge in [0.15, 0.2) is 6.61 Å². The molecule has 35 heavy (non-hydrogen) atoms. The number of benzene rings is 2. The predicted molar refractivity (Wildman–Crippen MR) is 120 cm³/mol. The third kappa shape index (κ3) is 6.18. The molecule has 0 radical (unpaired) electrons. The summed E-state index contributed by atoms with van der Waals surface area (Å²) in [6.45, 7) is 2.47. The second kappa shape index (κ2) is 10.2. The second-order valence-corrected chi connectivity index (χ2v) is 7.80. The smallest absolute Gasteiger partial charge is 0.471 e. The van der Waals surface area contributed by atoms with Gasteiger partial charge in [-0.1, -0.05) is 23.7 Å². The molecule has 2 heterocycles. The number of carbonyl (C=O) groups is 1. The molecule has 0 saturated heterocycles. The zero-order valence-corrected chi connectivity index (χ0v) is 18.9. The van der Waals surface area contributed by atoms with Gasteiger partial charge in [0.2, 0.25) is 0 Å². The minimum absolute atomic E-state index is 0.0817. The number of halogens is 4. The van der Waals surface area contributed by atoms with Gasteiger partial charge in [0, 0.05) is 34.1 Å². The fraction of sp³-hybridized carbons (Fsp3) is 0.217. The van der Waals surface area contributed by atoms with E-state index in [1.54, 1.807) is 31.2 Å². The van der Waals surface area contributed by atoms with E-state index in [4.69, 9.17) is 21.2 Å². The highest BCUT2D eigenvalue weighted by molar-refractivity contribution is 6.31. The molecule has 1 aromatic heterocycles. The molecule has 0 spiro atoms. The first-order chi connectivity index (χ1) is 16.7. The van der Waals surface area contributed by atoms with Crippen molar-refractivity contribution >= 4 is 23.4 Å². The number of hydrogen-bond donors (Lipinski definition) is 1. The van der Waals surface area contributed by atoms with Gasteiger partial charge in [0.05, 0.1) is 17.4 Å². The van der Waals surface area contributed by atoms with E-state index in [-0.39, 0.29) is 10.6 Å². The average Bonchev–Trinajstić information content (AvgIpc) is 2.83. The number of nitrogens with zero attached hydrogens (tertiary/aromatic N) is 3. The largest absolute Gasteiger partial charge is 0.573 e. The Bertz CT molecular complexity index is 1250. The zero-order chi connectivity index (χ0) is 25.0. The Morgan fingerprint density at radius 1 is 1.09 bits per heavy atom. The van der Waals surface area contributed by atoms with Crippen LogP contribution in [-0.4, -0.2) is 41.3 Å². The lowest BCUT2D eigenvalue weighted by molar-refractivity contribution is -0.274. The predicted octanol–water partition coefficient (Wildman–Crippen LogP) is 4.90. The van der Waals surface area contributed by atoms with Crippen molar-refractivity contribution in [3.63, 3.8) is 0 Å². The first kappa shape index (κ1) is 24.3. The molecule has 1 N–H and O–H groups in total. The molecule has 2 aromatic carbocycles. The first-order valence-electron chi connectivity index (χ1n) is 10.3. The molecule has 0 aliphatic carbocycles. The van der Waals surface area contributed by atoms with E-state index in [0.717, 1.165) is 23.3 Å². The molecule has 0 saturated carbocycles. The fourth-order valence-electron chi connectivity index (χ4n) is 3.34. The molecule has 1 atom stereocenters. The minimum Gasteiger partial charge on any atom is -0.471 e. The normalized spacial score (nSPS) is 14.3. The number of carbonyl (C=O) groups excluding carboxylic acids is 1. The van der Waals surface area contributed by atoms with Crippen molar-refractivity contribution in [2.45, 2.75) is 19.3 Å². The summed E-state index contributed by atoms with van der Waals surface area (Å²) in [6.07, 6.45) is -1.92. The van der Waals surface area contributed by atoms with Gasteiger partial charge in [-0.3, -0.25) is 14.8 Å². The molecule has 0 unspecified atom stereocenters. The monoisotopic (exact) mass is 506 g/mol. The highest BCUT2D eigenvalue weighted by Gasteiger charge is 2.31. The van der Waals surface area contributed by atoms with Crippen LogP contribution in [0.25, 0.3) is 11.3 Å². The second-order valence-electron chi connectivity index (χ2n) is 7.36. The van der Waals surface area contributed by atoms with Crippen LogP contribution >= 0.6 is 11.6 Å². The number of oxime groups is 1. The van der Waals surface area contributed by atoms with Crippen molar-refractivity contribution in [1.82, 2.24) is 15.3 Å². The Morgan fingerprint density at radius 3 is 2.49 bits per heavy atom. The van der Waals surface area contributed by atoms with Gasteiger partial charge < -0.3 is 19.6 Å². The van der Waals surface area contributed by atoms with Gasteiger partial charge in [-0.15, -0.1) is 13.2 Å². The molecule has 12 heteroatoms. The van der Waals surface area contributed by atoms with Gasteiger partial charge in [-0.2, -0.15) is 0 Å². The van der Waals surface area contributed by atoms with E-state index >= 15 is 0 Å². The summed E-state index contributed by atoms with van der Waals surface area (Å²) in [4.78, 5) is 26.6. The van der Waals surface area contributed by atoms with Crippen LogP contribution in [0.15, 0.2) is 60.0 Å². The summed E-state index contributed by atoms with van der Waals surface area (Å²) in [6, 6.07) is 9.70. The van der Waals surface area contributed by atoms with Gasteiger partial charge in [-0.25, -0.2) is 0 Å². The Kier molecular flexibility index (Phi) is 7.06. The van der Waals surface area contributed by atoms with Crippen LogP contribution in [0.5, 0.6) is 5.75 Å². The van der Waals surface area contributed by atoms with E-state index in [1.807, 2.05) is 0 Å². The minimum atomic E-state index is -4.92. The molecule has 3 aromatic rings. The molecule has 0 fully saturated rings. The van der Waals surface area contributed by atoms with Crippen LogP contribution in [0, 0.1) is 0 Å². The van der Waals surface area contributed by atoms with Crippen LogP contribution < -0.4 is 10.1 Å². The number of nitrogens with one attached hydrogen (secondary N) is 1. The summed E-state index contributed by atoms with van der Waals surface area (Å²) < 4.78 is 47.1. The van der Waals surface area contributed by atoms with Gasteiger partial charge in [-0.05, 0) is 42.4 Å². The van der Waals surface area contributed by atoms with Crippen molar-refractivity contribution in [1.29, 1.82) is 0 Å². The maximum Gasteiger partial charge on any atom is 0.573 e. The van der Waals surface area contributed by atoms with E-state index < -0.39 is 24.1 Å². The summed E-state index contributed by atoms with van der Waals surface area (Å²) in [5.41, 5.74) is 2.31. The van der Waals surface area contributed by atoms with Crippen LogP contribution in [0.1, 0.15) is 34.6 Å². The number of amides is 1. The third-order valence-electron chi connectivity index (χ3n) is 4.82. The Balaban J connectivity index is 1.54. The SMILES string of the molecule is C[C@H](NC(=O)c1cc(Cl)cc(OC(F)(F)F)c1)c1nccnc1-c1ccc(C2=NOCCO2)cc1. The van der Waals surface area contributed by atoms with Gasteiger partial charge in [0.25, 0.3) is 11.8 Å². The molecule has 4 rings (SSSR count). The average molecular weight is 507 g/mol. The molecular weight excluding hydrogens is 489 g/mol. The number of rotatable bonds is 6. The van der Waals surface area contributed by atoms with Crippen LogP contribution in [-0.2, 0) is 9.57 Å². The van der Waals surface area contributed by atoms with Crippen molar-refractivity contribution < 1.29 is 32.3 Å². The summed E-state index contributed by atoms with van der Waals surface area (Å²) in [5, 5.41) is 6.51. The molecule has 8 nitrogen and oxygen atoms in total. The number of aromatic nitrogens is 2. The van der Waals surface area contributed by atoms with Crippen LogP contribution in [0.2, 0.25) is 5.02 Å². The molecule has 182 valence electrons. The van der Waals surface area contributed by atoms with Crippen LogP contribution in [0.3, 0.4) is 0 Å². The molecule has 1 aliphatic heterocycles. The van der Waals surface area contributed by atoms with E-state index in [1.165, 1.54) is 18.5 Å².